The second kappa shape index (κ2) is 16.7. The third-order valence-corrected chi connectivity index (χ3v) is 8.84. The number of aromatic nitrogens is 4. The molecule has 0 saturated carbocycles. The zero-order valence-electron chi connectivity index (χ0n) is 30.3. The average molecular weight is 770 g/mol. The Kier molecular flexibility index (Phi) is 12.2. The van der Waals surface area contributed by atoms with Crippen molar-refractivity contribution < 1.29 is 52.4 Å². The van der Waals surface area contributed by atoms with Gasteiger partial charge in [-0.15, -0.1) is 6.42 Å². The van der Waals surface area contributed by atoms with E-state index in [4.69, 9.17) is 46.4 Å². The van der Waals surface area contributed by atoms with E-state index in [0.29, 0.717) is 24.3 Å². The number of anilines is 2. The lowest BCUT2D eigenvalue weighted by molar-refractivity contribution is -0.200. The molecule has 288 valence electrons. The van der Waals surface area contributed by atoms with Crippen LogP contribution in [-0.4, -0.2) is 113 Å². The number of nitrogens with one attached hydrogen (secondary N) is 2. The third-order valence-electron chi connectivity index (χ3n) is 8.67. The molecule has 2 N–H and O–H groups in total. The second-order valence-electron chi connectivity index (χ2n) is 12.2. The Morgan fingerprint density at radius 1 is 1.11 bits per heavy atom. The van der Waals surface area contributed by atoms with E-state index in [1.807, 2.05) is 0 Å². The van der Waals surface area contributed by atoms with Crippen molar-refractivity contribution in [3.63, 3.8) is 0 Å². The van der Waals surface area contributed by atoms with Crippen LogP contribution in [0.15, 0.2) is 30.6 Å². The molecule has 0 radical (unpaired) electrons. The van der Waals surface area contributed by atoms with E-state index in [0.717, 1.165) is 20.3 Å². The summed E-state index contributed by atoms with van der Waals surface area (Å²) < 4.78 is 36.2. The van der Waals surface area contributed by atoms with Gasteiger partial charge in [-0.3, -0.25) is 19.1 Å². The van der Waals surface area contributed by atoms with Gasteiger partial charge >= 0.3 is 29.9 Å². The summed E-state index contributed by atoms with van der Waals surface area (Å²) in [6, 6.07) is 6.36. The smallest absolute Gasteiger partial charge is 0.350 e. The maximum atomic E-state index is 13.9. The van der Waals surface area contributed by atoms with Crippen LogP contribution < -0.4 is 15.5 Å². The Bertz CT molecular complexity index is 1930. The molecule has 2 aromatic heterocycles. The summed E-state index contributed by atoms with van der Waals surface area (Å²) in [5.41, 5.74) is -3.22. The molecule has 1 aromatic carbocycles. The normalized spacial score (nSPS) is 21.2. The number of esters is 4. The van der Waals surface area contributed by atoms with E-state index >= 15 is 0 Å². The Hall–Kier alpha value is -5.51. The maximum absolute atomic E-state index is 13.9. The Morgan fingerprint density at radius 2 is 1.80 bits per heavy atom. The third kappa shape index (κ3) is 7.74. The molecule has 0 bridgehead atoms. The van der Waals surface area contributed by atoms with Crippen LogP contribution in [0.1, 0.15) is 45.9 Å². The van der Waals surface area contributed by atoms with Crippen molar-refractivity contribution in [2.24, 2.45) is 0 Å². The number of carbonyl (C=O) groups is 5. The molecule has 0 unspecified atom stereocenters. The van der Waals surface area contributed by atoms with Gasteiger partial charge in [0.05, 0.1) is 26.1 Å². The summed E-state index contributed by atoms with van der Waals surface area (Å²) >= 11 is 6.21. The number of ether oxygens (including phenoxy) is 6. The van der Waals surface area contributed by atoms with Crippen LogP contribution in [-0.2, 0) is 54.0 Å². The lowest BCUT2D eigenvalue weighted by Gasteiger charge is -2.35. The average Bonchev–Trinajstić information content (AvgIpc) is 3.68. The largest absolute Gasteiger partial charge is 0.463 e. The molecule has 2 aliphatic heterocycles. The summed E-state index contributed by atoms with van der Waals surface area (Å²) in [5.74, 6) is -1.16. The number of urea groups is 1. The number of imidazole rings is 1. The molecule has 2 amide bonds. The molecule has 2 aliphatic rings. The zero-order valence-corrected chi connectivity index (χ0v) is 31.0. The molecular formula is C35H40ClN7O11. The van der Waals surface area contributed by atoms with Gasteiger partial charge in [0, 0.05) is 46.1 Å². The molecule has 2 fully saturated rings. The van der Waals surface area contributed by atoms with Crippen molar-refractivity contribution in [1.82, 2.24) is 24.8 Å². The van der Waals surface area contributed by atoms with Crippen molar-refractivity contribution in [1.29, 1.82) is 0 Å². The van der Waals surface area contributed by atoms with Crippen molar-refractivity contribution in [3.8, 4) is 12.3 Å². The zero-order chi connectivity index (χ0) is 39.2. The summed E-state index contributed by atoms with van der Waals surface area (Å²) in [6.45, 7) is 5.42. The van der Waals surface area contributed by atoms with E-state index < -0.39 is 66.5 Å². The van der Waals surface area contributed by atoms with Crippen molar-refractivity contribution >= 4 is 64.2 Å². The van der Waals surface area contributed by atoms with E-state index in [9.17, 15) is 24.0 Å². The van der Waals surface area contributed by atoms with Crippen molar-refractivity contribution in [3.05, 3.63) is 41.4 Å². The number of nitrogens with zero attached hydrogens (tertiary/aromatic N) is 5. The number of rotatable bonds is 14. The van der Waals surface area contributed by atoms with Crippen LogP contribution in [0.2, 0.25) is 5.28 Å². The second-order valence-corrected chi connectivity index (χ2v) is 12.5. The quantitative estimate of drug-likeness (QED) is 0.0792. The van der Waals surface area contributed by atoms with Gasteiger partial charge in [-0.2, -0.15) is 9.97 Å². The molecule has 2 saturated heterocycles. The lowest BCUT2D eigenvalue weighted by Crippen LogP contribution is -2.57. The molecule has 0 spiro atoms. The minimum absolute atomic E-state index is 0.128. The van der Waals surface area contributed by atoms with Crippen LogP contribution in [0.3, 0.4) is 0 Å². The molecule has 0 aliphatic carbocycles. The van der Waals surface area contributed by atoms with E-state index in [-0.39, 0.29) is 41.5 Å². The fraction of sp³-hybridized carbons (Fsp3) is 0.486. The minimum Gasteiger partial charge on any atom is -0.463 e. The highest BCUT2D eigenvalue weighted by Crippen LogP contribution is 2.44. The number of halogens is 1. The van der Waals surface area contributed by atoms with Gasteiger partial charge in [0.25, 0.3) is 5.60 Å². The summed E-state index contributed by atoms with van der Waals surface area (Å²) in [5, 5.41) is 5.51. The number of fused-ring (bicyclic) bond motifs is 1. The van der Waals surface area contributed by atoms with Gasteiger partial charge in [0.15, 0.2) is 23.2 Å². The fourth-order valence-electron chi connectivity index (χ4n) is 6.32. The Labute approximate surface area is 315 Å². The first-order valence-corrected chi connectivity index (χ1v) is 17.4. The van der Waals surface area contributed by atoms with Crippen LogP contribution in [0.5, 0.6) is 0 Å². The van der Waals surface area contributed by atoms with E-state index in [2.05, 4.69) is 31.5 Å². The predicted molar refractivity (Wildman–Crippen MR) is 190 cm³/mol. The first-order chi connectivity index (χ1) is 25.8. The highest BCUT2D eigenvalue weighted by Gasteiger charge is 2.63. The molecule has 19 heteroatoms. The number of terminal acetylenes is 1. The van der Waals surface area contributed by atoms with Crippen molar-refractivity contribution in [2.75, 3.05) is 50.2 Å². The van der Waals surface area contributed by atoms with Crippen LogP contribution in [0.4, 0.5) is 16.3 Å². The molecule has 54 heavy (non-hydrogen) atoms. The molecule has 5 rings (SSSR count). The van der Waals surface area contributed by atoms with Gasteiger partial charge in [-0.05, 0) is 49.6 Å². The van der Waals surface area contributed by atoms with Crippen LogP contribution in [0.25, 0.3) is 11.2 Å². The van der Waals surface area contributed by atoms with Gasteiger partial charge < -0.3 is 39.1 Å². The summed E-state index contributed by atoms with van der Waals surface area (Å²) in [6.07, 6.45) is 3.31. The Balaban J connectivity index is 1.57. The molecular weight excluding hydrogens is 730 g/mol. The fourth-order valence-corrected chi connectivity index (χ4v) is 6.48. The van der Waals surface area contributed by atoms with Crippen LogP contribution >= 0.6 is 11.6 Å². The molecule has 3 aromatic rings. The number of carbonyl (C=O) groups excluding carboxylic acids is 5. The van der Waals surface area contributed by atoms with Gasteiger partial charge in [0.1, 0.15) is 6.10 Å². The predicted octanol–water partition coefficient (Wildman–Crippen LogP) is 2.33. The van der Waals surface area contributed by atoms with Gasteiger partial charge in [0.2, 0.25) is 17.0 Å². The molecule has 18 nitrogen and oxygen atoms in total. The van der Waals surface area contributed by atoms with Gasteiger partial charge in [-0.1, -0.05) is 18.1 Å². The first-order valence-electron chi connectivity index (χ1n) is 17.0. The summed E-state index contributed by atoms with van der Waals surface area (Å²) in [4.78, 5) is 79.7. The minimum atomic E-state index is -2.45. The highest BCUT2D eigenvalue weighted by molar-refractivity contribution is 6.28. The highest BCUT2D eigenvalue weighted by atomic mass is 35.5. The summed E-state index contributed by atoms with van der Waals surface area (Å²) in [7, 11) is 1.60. The van der Waals surface area contributed by atoms with E-state index in [1.54, 1.807) is 50.1 Å². The first kappa shape index (κ1) is 39.7. The SMILES string of the molecule is C#C[C@@]1(OC(C)=O)[C@@H](COC(Cc2ccc(N3CCCNC3=O)cc2)(C(=O)OCC)C(=O)OCC)O[C@@H](n2cnc3c(NC)nc(Cl)nc32)[C@@H]1OC(C)=O. The monoisotopic (exact) mass is 769 g/mol. The number of benzene rings is 1. The number of hydrogen-bond acceptors (Lipinski definition) is 15. The van der Waals surface area contributed by atoms with Crippen molar-refractivity contribution in [2.45, 2.75) is 70.2 Å². The van der Waals surface area contributed by atoms with E-state index in [1.165, 1.54) is 10.9 Å². The topological polar surface area (TPSA) is 212 Å². The van der Waals surface area contributed by atoms with Crippen LogP contribution in [0, 0.1) is 12.3 Å². The molecule has 4 atom stereocenters. The number of hydrogen-bond donors (Lipinski definition) is 2. The molecule has 4 heterocycles. The number of amides is 2. The lowest BCUT2D eigenvalue weighted by atomic mass is 9.91. The standard InChI is InChI=1S/C35H40ClN7O11/c1-7-34(54-21(5)45)24(53-29(26(34)52-20(4)44)43-19-39-25-27(37-6)40-32(36)41-28(25)43)18-51-35(30(46)49-8-2,31(47)50-9-3)17-22-11-13-23(14-12-22)42-16-10-15-38-33(42)48/h1,11-14,19,24,26,29H,8-10,15-18H2,2-6H3,(H,38,48)(H,37,40,41)/t24-,26+,29-,34-/m1/s1. The maximum Gasteiger partial charge on any atom is 0.350 e. The Morgan fingerprint density at radius 3 is 2.37 bits per heavy atom. The van der Waals surface area contributed by atoms with Gasteiger partial charge in [-0.25, -0.2) is 19.4 Å².